The number of thiocarbonyl (C=S) groups is 1. The van der Waals surface area contributed by atoms with Crippen molar-refractivity contribution in [1.29, 1.82) is 0 Å². The van der Waals surface area contributed by atoms with Crippen molar-refractivity contribution in [2.24, 2.45) is 0 Å². The van der Waals surface area contributed by atoms with Crippen molar-refractivity contribution in [3.63, 3.8) is 0 Å². The lowest BCUT2D eigenvalue weighted by atomic mass is 9.78. The first-order valence-corrected chi connectivity index (χ1v) is 11.9. The molecular formula is C27H25NO3S2. The van der Waals surface area contributed by atoms with Gasteiger partial charge in [0, 0.05) is 11.0 Å². The van der Waals surface area contributed by atoms with E-state index in [0.29, 0.717) is 28.2 Å². The Hall–Kier alpha value is -3.09. The van der Waals surface area contributed by atoms with Crippen LogP contribution in [0.15, 0.2) is 83.8 Å². The van der Waals surface area contributed by atoms with Gasteiger partial charge < -0.3 is 14.8 Å². The van der Waals surface area contributed by atoms with Gasteiger partial charge in [-0.05, 0) is 35.4 Å². The van der Waals surface area contributed by atoms with Gasteiger partial charge in [0.2, 0.25) is 0 Å². The predicted molar refractivity (Wildman–Crippen MR) is 139 cm³/mol. The number of carbonyl (C=O) groups is 1. The summed E-state index contributed by atoms with van der Waals surface area (Å²) in [4.78, 5) is 12.5. The summed E-state index contributed by atoms with van der Waals surface area (Å²) in [6, 6.07) is 26.3. The molecule has 1 heterocycles. The van der Waals surface area contributed by atoms with Gasteiger partial charge in [0.05, 0.1) is 4.91 Å². The van der Waals surface area contributed by atoms with Crippen LogP contribution in [0.5, 0.6) is 11.5 Å². The van der Waals surface area contributed by atoms with E-state index in [2.05, 4.69) is 55.6 Å². The van der Waals surface area contributed by atoms with Crippen LogP contribution in [0.3, 0.4) is 0 Å². The summed E-state index contributed by atoms with van der Waals surface area (Å²) in [5, 5.41) is 2.63. The second-order valence-corrected chi connectivity index (χ2v) is 9.82. The standard InChI is InChI=1S/C27H25NO3S2/c1-27(2,20-9-4-3-5-10-20)21-12-14-22(15-13-21)30-16-17-31-23-11-7-6-8-19(23)18-24-25(29)28-26(32)33-24/h3-15,18H,16-17H2,1-2H3,(H,28,29,32)/b24-18-. The second kappa shape index (κ2) is 10.2. The molecule has 1 aliphatic rings. The molecule has 168 valence electrons. The number of carbonyl (C=O) groups excluding carboxylic acids is 1. The first kappa shape index (κ1) is 23.1. The molecule has 1 fully saturated rings. The molecule has 33 heavy (non-hydrogen) atoms. The third kappa shape index (κ3) is 5.64. The van der Waals surface area contributed by atoms with Crippen molar-refractivity contribution in [3.8, 4) is 11.5 Å². The van der Waals surface area contributed by atoms with Gasteiger partial charge in [-0.1, -0.05) is 98.5 Å². The minimum Gasteiger partial charge on any atom is -0.490 e. The monoisotopic (exact) mass is 475 g/mol. The Kier molecular flexibility index (Phi) is 7.16. The molecule has 0 saturated carbocycles. The number of para-hydroxylation sites is 1. The Morgan fingerprint density at radius 1 is 0.879 bits per heavy atom. The largest absolute Gasteiger partial charge is 0.490 e. The van der Waals surface area contributed by atoms with Crippen LogP contribution in [-0.2, 0) is 10.2 Å². The van der Waals surface area contributed by atoms with E-state index in [0.717, 1.165) is 11.3 Å². The van der Waals surface area contributed by atoms with Gasteiger partial charge in [0.15, 0.2) is 0 Å². The zero-order valence-electron chi connectivity index (χ0n) is 18.5. The van der Waals surface area contributed by atoms with Crippen LogP contribution in [0, 0.1) is 0 Å². The molecule has 6 heteroatoms. The number of rotatable bonds is 8. The summed E-state index contributed by atoms with van der Waals surface area (Å²) >= 11 is 6.31. The Morgan fingerprint density at radius 2 is 1.52 bits per heavy atom. The van der Waals surface area contributed by atoms with Crippen molar-refractivity contribution < 1.29 is 14.3 Å². The molecule has 3 aromatic rings. The fourth-order valence-corrected chi connectivity index (χ4v) is 4.63. The molecule has 4 rings (SSSR count). The summed E-state index contributed by atoms with van der Waals surface area (Å²) in [5.41, 5.74) is 3.25. The highest BCUT2D eigenvalue weighted by molar-refractivity contribution is 8.26. The summed E-state index contributed by atoms with van der Waals surface area (Å²) in [6.45, 7) is 5.24. The van der Waals surface area contributed by atoms with Crippen molar-refractivity contribution in [2.45, 2.75) is 19.3 Å². The molecule has 3 aromatic carbocycles. The minimum atomic E-state index is -0.179. The average Bonchev–Trinajstić information content (AvgIpc) is 3.15. The lowest BCUT2D eigenvalue weighted by Crippen LogP contribution is -2.18. The fraction of sp³-hybridized carbons (Fsp3) is 0.185. The van der Waals surface area contributed by atoms with E-state index in [-0.39, 0.29) is 11.3 Å². The van der Waals surface area contributed by atoms with Gasteiger partial charge in [0.25, 0.3) is 5.91 Å². The van der Waals surface area contributed by atoms with Gasteiger partial charge in [-0.25, -0.2) is 0 Å². The summed E-state index contributed by atoms with van der Waals surface area (Å²) in [5.74, 6) is 1.32. The smallest absolute Gasteiger partial charge is 0.263 e. The van der Waals surface area contributed by atoms with E-state index < -0.39 is 0 Å². The molecule has 0 aromatic heterocycles. The fourth-order valence-electron chi connectivity index (χ4n) is 3.59. The number of thioether (sulfide) groups is 1. The molecule has 4 nitrogen and oxygen atoms in total. The SMILES string of the molecule is CC(C)(c1ccccc1)c1ccc(OCCOc2ccccc2/C=C2\SC(=S)NC2=O)cc1. The van der Waals surface area contributed by atoms with Crippen molar-refractivity contribution >= 4 is 40.3 Å². The molecule has 0 bridgehead atoms. The highest BCUT2D eigenvalue weighted by Crippen LogP contribution is 2.32. The van der Waals surface area contributed by atoms with E-state index in [9.17, 15) is 4.79 Å². The number of nitrogens with one attached hydrogen (secondary N) is 1. The Bertz CT molecular complexity index is 1170. The zero-order chi connectivity index (χ0) is 23.3. The molecule has 1 N–H and O–H groups in total. The maximum Gasteiger partial charge on any atom is 0.263 e. The first-order valence-electron chi connectivity index (χ1n) is 10.7. The van der Waals surface area contributed by atoms with Crippen LogP contribution in [-0.4, -0.2) is 23.4 Å². The maximum atomic E-state index is 11.9. The number of hydrogen-bond acceptors (Lipinski definition) is 5. The van der Waals surface area contributed by atoms with E-state index in [1.165, 1.54) is 22.9 Å². The summed E-state index contributed by atoms with van der Waals surface area (Å²) in [6.07, 6.45) is 1.79. The van der Waals surface area contributed by atoms with E-state index in [1.807, 2.05) is 42.5 Å². The highest BCUT2D eigenvalue weighted by atomic mass is 32.2. The molecule has 1 amide bonds. The van der Waals surface area contributed by atoms with Crippen molar-refractivity contribution in [3.05, 3.63) is 100 Å². The number of hydrogen-bond donors (Lipinski definition) is 1. The van der Waals surface area contributed by atoms with Crippen molar-refractivity contribution in [1.82, 2.24) is 5.32 Å². The van der Waals surface area contributed by atoms with Gasteiger partial charge in [-0.2, -0.15) is 0 Å². The Labute approximate surface area is 204 Å². The number of ether oxygens (including phenoxy) is 2. The quantitative estimate of drug-likeness (QED) is 0.247. The minimum absolute atomic E-state index is 0.0840. The normalized spacial score (nSPS) is 14.9. The van der Waals surface area contributed by atoms with Crippen LogP contribution < -0.4 is 14.8 Å². The van der Waals surface area contributed by atoms with Gasteiger partial charge in [-0.3, -0.25) is 4.79 Å². The molecule has 0 unspecified atom stereocenters. The maximum absolute atomic E-state index is 11.9. The molecule has 0 atom stereocenters. The van der Waals surface area contributed by atoms with Gasteiger partial charge >= 0.3 is 0 Å². The van der Waals surface area contributed by atoms with Crippen LogP contribution in [0.2, 0.25) is 0 Å². The Balaban J connectivity index is 1.33. The highest BCUT2D eigenvalue weighted by Gasteiger charge is 2.23. The molecule has 1 aliphatic heterocycles. The lowest BCUT2D eigenvalue weighted by Gasteiger charge is -2.26. The topological polar surface area (TPSA) is 47.6 Å². The van der Waals surface area contributed by atoms with E-state index >= 15 is 0 Å². The van der Waals surface area contributed by atoms with Crippen LogP contribution in [0.25, 0.3) is 6.08 Å². The third-order valence-electron chi connectivity index (χ3n) is 5.53. The number of amides is 1. The molecule has 0 aliphatic carbocycles. The first-order chi connectivity index (χ1) is 15.9. The second-order valence-electron chi connectivity index (χ2n) is 8.10. The van der Waals surface area contributed by atoms with E-state index in [4.69, 9.17) is 21.7 Å². The zero-order valence-corrected chi connectivity index (χ0v) is 20.2. The van der Waals surface area contributed by atoms with Gasteiger partial charge in [-0.15, -0.1) is 0 Å². The summed E-state index contributed by atoms with van der Waals surface area (Å²) in [7, 11) is 0. The molecule has 1 saturated heterocycles. The van der Waals surface area contributed by atoms with Crippen LogP contribution in [0.4, 0.5) is 0 Å². The molecule has 0 spiro atoms. The lowest BCUT2D eigenvalue weighted by molar-refractivity contribution is -0.115. The average molecular weight is 476 g/mol. The Morgan fingerprint density at radius 3 is 2.21 bits per heavy atom. The van der Waals surface area contributed by atoms with Crippen LogP contribution >= 0.6 is 24.0 Å². The third-order valence-corrected chi connectivity index (χ3v) is 6.69. The summed E-state index contributed by atoms with van der Waals surface area (Å²) < 4.78 is 12.3. The molecular weight excluding hydrogens is 450 g/mol. The molecule has 0 radical (unpaired) electrons. The van der Waals surface area contributed by atoms with Crippen LogP contribution in [0.1, 0.15) is 30.5 Å². The predicted octanol–water partition coefficient (Wildman–Crippen LogP) is 5.96. The van der Waals surface area contributed by atoms with Gasteiger partial charge in [0.1, 0.15) is 29.0 Å². The van der Waals surface area contributed by atoms with E-state index in [1.54, 1.807) is 6.08 Å². The number of benzene rings is 3. The van der Waals surface area contributed by atoms with Crippen molar-refractivity contribution in [2.75, 3.05) is 13.2 Å².